The summed E-state index contributed by atoms with van der Waals surface area (Å²) in [5.74, 6) is 0.209. The summed E-state index contributed by atoms with van der Waals surface area (Å²) in [7, 11) is -2.30. The van der Waals surface area contributed by atoms with Crippen molar-refractivity contribution in [3.8, 4) is 5.75 Å². The van der Waals surface area contributed by atoms with Gasteiger partial charge in [0.2, 0.25) is 10.0 Å². The number of nitrogens with zero attached hydrogens (tertiary/aromatic N) is 1. The van der Waals surface area contributed by atoms with Gasteiger partial charge < -0.3 is 30.6 Å². The van der Waals surface area contributed by atoms with E-state index in [1.807, 2.05) is 44.2 Å². The fraction of sp³-hybridized carbons (Fsp3) is 0.414. The Hall–Kier alpha value is -3.38. The summed E-state index contributed by atoms with van der Waals surface area (Å²) in [6.45, 7) is 4.34. The molecule has 1 heterocycles. The van der Waals surface area contributed by atoms with Crippen LogP contribution in [0.15, 0.2) is 82.5 Å². The number of carbonyl (C=O) groups is 1. The Morgan fingerprint density at radius 2 is 1.90 bits per heavy atom. The summed E-state index contributed by atoms with van der Waals surface area (Å²) < 4.78 is 39.4. The summed E-state index contributed by atoms with van der Waals surface area (Å²) in [5.41, 5.74) is 6.81. The lowest BCUT2D eigenvalue weighted by atomic mass is 9.87. The van der Waals surface area contributed by atoms with Crippen LogP contribution in [0.5, 0.6) is 5.75 Å². The second-order valence-corrected chi connectivity index (χ2v) is 12.4. The van der Waals surface area contributed by atoms with Gasteiger partial charge in [-0.15, -0.1) is 0 Å². The van der Waals surface area contributed by atoms with Gasteiger partial charge >= 0.3 is 6.09 Å². The number of nitrogens with one attached hydrogen (secondary N) is 2. The predicted octanol–water partition coefficient (Wildman–Crippen LogP) is 3.84. The zero-order valence-corrected chi connectivity index (χ0v) is 24.1. The zero-order chi connectivity index (χ0) is 29.2. The van der Waals surface area contributed by atoms with E-state index < -0.39 is 33.7 Å². The van der Waals surface area contributed by atoms with Gasteiger partial charge in [0.05, 0.1) is 23.3 Å². The number of sulfonamides is 1. The summed E-state index contributed by atoms with van der Waals surface area (Å²) in [5, 5.41) is 17.2. The van der Waals surface area contributed by atoms with Crippen molar-refractivity contribution in [3.05, 3.63) is 78.8 Å². The van der Waals surface area contributed by atoms with Crippen molar-refractivity contribution in [1.29, 1.82) is 0 Å². The van der Waals surface area contributed by atoms with Crippen molar-refractivity contribution in [2.45, 2.75) is 50.2 Å². The summed E-state index contributed by atoms with van der Waals surface area (Å²) in [6.07, 6.45) is 2.28. The Labute approximate surface area is 236 Å². The Bertz CT molecular complexity index is 1300. The maximum Gasteiger partial charge on any atom is 0.413 e. The second-order valence-electron chi connectivity index (χ2n) is 10.5. The molecule has 3 aromatic rings. The van der Waals surface area contributed by atoms with Crippen molar-refractivity contribution >= 4 is 21.8 Å². The number of amides is 1. The van der Waals surface area contributed by atoms with Crippen LogP contribution in [0.1, 0.15) is 32.3 Å². The lowest BCUT2D eigenvalue weighted by molar-refractivity contribution is 0.0914. The maximum absolute atomic E-state index is 13.9. The van der Waals surface area contributed by atoms with Crippen LogP contribution in [0.2, 0.25) is 0 Å². The molecule has 0 aliphatic rings. The molecule has 3 rings (SSSR count). The third-order valence-corrected chi connectivity index (χ3v) is 8.39. The largest absolute Gasteiger partial charge is 0.469 e. The molecule has 2 atom stereocenters. The van der Waals surface area contributed by atoms with Gasteiger partial charge in [-0.25, -0.2) is 13.2 Å². The van der Waals surface area contributed by atoms with Gasteiger partial charge in [-0.2, -0.15) is 4.31 Å². The van der Waals surface area contributed by atoms with E-state index in [2.05, 4.69) is 10.6 Å². The first-order chi connectivity index (χ1) is 19.0. The number of aliphatic hydroxyl groups excluding tert-OH is 1. The van der Waals surface area contributed by atoms with Gasteiger partial charge in [0, 0.05) is 31.9 Å². The minimum atomic E-state index is -4.02. The number of furan rings is 1. The molecule has 2 aromatic carbocycles. The van der Waals surface area contributed by atoms with Crippen LogP contribution in [0.3, 0.4) is 0 Å². The van der Waals surface area contributed by atoms with Gasteiger partial charge in [-0.3, -0.25) is 0 Å². The fourth-order valence-electron chi connectivity index (χ4n) is 4.43. The molecule has 0 saturated carbocycles. The number of benzene rings is 2. The zero-order valence-electron chi connectivity index (χ0n) is 23.2. The average Bonchev–Trinajstić information content (AvgIpc) is 3.44. The molecular formula is C29H40N4O6S. The van der Waals surface area contributed by atoms with Crippen molar-refractivity contribution in [3.63, 3.8) is 0 Å². The predicted molar refractivity (Wildman–Crippen MR) is 155 cm³/mol. The topological polar surface area (TPSA) is 147 Å². The highest BCUT2D eigenvalue weighted by Gasteiger charge is 2.35. The van der Waals surface area contributed by atoms with E-state index in [4.69, 9.17) is 14.9 Å². The molecule has 11 heteroatoms. The molecule has 0 saturated heterocycles. The molecule has 5 N–H and O–H groups in total. The van der Waals surface area contributed by atoms with E-state index >= 15 is 0 Å². The first-order valence-corrected chi connectivity index (χ1v) is 14.7. The highest BCUT2D eigenvalue weighted by atomic mass is 32.2. The van der Waals surface area contributed by atoms with Crippen molar-refractivity contribution in [2.75, 3.05) is 32.0 Å². The average molecular weight is 573 g/mol. The third-order valence-electron chi connectivity index (χ3n) is 6.59. The Morgan fingerprint density at radius 3 is 2.55 bits per heavy atom. The normalized spacial score (nSPS) is 13.6. The van der Waals surface area contributed by atoms with Crippen molar-refractivity contribution < 1.29 is 27.5 Å². The van der Waals surface area contributed by atoms with Crippen molar-refractivity contribution in [1.82, 2.24) is 9.62 Å². The lowest BCUT2D eigenvalue weighted by Gasteiger charge is -2.35. The van der Waals surface area contributed by atoms with Crippen LogP contribution >= 0.6 is 0 Å². The van der Waals surface area contributed by atoms with Crippen LogP contribution in [0.4, 0.5) is 10.5 Å². The van der Waals surface area contributed by atoms with E-state index in [1.54, 1.807) is 25.2 Å². The Morgan fingerprint density at radius 1 is 1.15 bits per heavy atom. The fourth-order valence-corrected chi connectivity index (χ4v) is 6.12. The molecule has 0 spiro atoms. The SMILES string of the molecule is CNc1cccc(S(=O)(=O)N(C[C@@H](O)[C@H](Cc2ccccc2)NC(=O)Oc2ccoc2)CC(C)(C)CCCN)c1. The van der Waals surface area contributed by atoms with Crippen LogP contribution in [-0.4, -0.2) is 62.8 Å². The highest BCUT2D eigenvalue weighted by molar-refractivity contribution is 7.89. The van der Waals surface area contributed by atoms with E-state index in [1.165, 1.54) is 29.0 Å². The van der Waals surface area contributed by atoms with Crippen LogP contribution in [-0.2, 0) is 16.4 Å². The molecule has 1 amide bonds. The summed E-state index contributed by atoms with van der Waals surface area (Å²) in [4.78, 5) is 12.8. The molecule has 10 nitrogen and oxygen atoms in total. The first-order valence-electron chi connectivity index (χ1n) is 13.2. The first kappa shape index (κ1) is 31.2. The quantitative estimate of drug-likeness (QED) is 0.215. The van der Waals surface area contributed by atoms with E-state index in [9.17, 15) is 18.3 Å². The maximum atomic E-state index is 13.9. The van der Waals surface area contributed by atoms with Gasteiger partial charge in [-0.1, -0.05) is 50.2 Å². The molecular weight excluding hydrogens is 532 g/mol. The lowest BCUT2D eigenvalue weighted by Crippen LogP contribution is -2.52. The van der Waals surface area contributed by atoms with Gasteiger partial charge in [0.25, 0.3) is 0 Å². The number of rotatable bonds is 15. The molecule has 0 radical (unpaired) electrons. The van der Waals surface area contributed by atoms with Crippen LogP contribution in [0.25, 0.3) is 0 Å². The molecule has 218 valence electrons. The molecule has 40 heavy (non-hydrogen) atoms. The standard InChI is InChI=1S/C29H40N4O6S/c1-29(2,14-8-15-30)21-33(40(36,37)25-12-7-11-23(18-25)31-3)19-27(34)26(17-22-9-5-4-6-10-22)32-28(35)39-24-13-16-38-20-24/h4-7,9-13,16,18,20,26-27,31,34H,8,14-15,17,19,21,30H2,1-3H3,(H,32,35)/t26-,27+/m0/s1. The number of ether oxygens (including phenoxy) is 1. The second kappa shape index (κ2) is 14.3. The van der Waals surface area contributed by atoms with Crippen LogP contribution in [0, 0.1) is 5.41 Å². The number of carbonyl (C=O) groups excluding carboxylic acids is 1. The van der Waals surface area contributed by atoms with Gasteiger partial charge in [0.1, 0.15) is 6.26 Å². The molecule has 1 aromatic heterocycles. The number of hydrogen-bond donors (Lipinski definition) is 4. The van der Waals surface area contributed by atoms with E-state index in [-0.39, 0.29) is 30.2 Å². The van der Waals surface area contributed by atoms with Gasteiger partial charge in [-0.05, 0) is 55.0 Å². The molecule has 0 aliphatic heterocycles. The number of nitrogens with two attached hydrogens (primary N) is 1. The van der Waals surface area contributed by atoms with E-state index in [0.29, 0.717) is 18.7 Å². The minimum Gasteiger partial charge on any atom is -0.469 e. The van der Waals surface area contributed by atoms with E-state index in [0.717, 1.165) is 12.0 Å². The highest BCUT2D eigenvalue weighted by Crippen LogP contribution is 2.28. The number of hydrogen-bond acceptors (Lipinski definition) is 8. The van der Waals surface area contributed by atoms with Crippen molar-refractivity contribution in [2.24, 2.45) is 11.1 Å². The number of aliphatic hydroxyl groups is 1. The molecule has 0 aliphatic carbocycles. The van der Waals surface area contributed by atoms with Gasteiger partial charge in [0.15, 0.2) is 5.75 Å². The minimum absolute atomic E-state index is 0.105. The summed E-state index contributed by atoms with van der Waals surface area (Å²) in [6, 6.07) is 16.5. The monoisotopic (exact) mass is 572 g/mol. The smallest absolute Gasteiger partial charge is 0.413 e. The number of anilines is 1. The Balaban J connectivity index is 1.90. The van der Waals surface area contributed by atoms with Crippen LogP contribution < -0.4 is 21.1 Å². The molecule has 0 bridgehead atoms. The summed E-state index contributed by atoms with van der Waals surface area (Å²) >= 11 is 0. The molecule has 0 unspecified atom stereocenters. The Kier molecular flexibility index (Phi) is 11.1. The molecule has 0 fully saturated rings. The third kappa shape index (κ3) is 9.09.